The third-order valence-electron chi connectivity index (χ3n) is 3.70. The van der Waals surface area contributed by atoms with E-state index in [1.165, 1.54) is 18.4 Å². The molecule has 0 fully saturated rings. The standard InChI is InChI=1S/C16H23NO/c18-12-11-17-16(15-9-5-2-6-10-15)13-14-7-3-1-4-8-14/h1-5,7-8,15-18H,6,9-13H2/t15-,16+/m0/s1. The van der Waals surface area contributed by atoms with E-state index in [2.05, 4.69) is 47.8 Å². The van der Waals surface area contributed by atoms with Gasteiger partial charge in [-0.2, -0.15) is 0 Å². The van der Waals surface area contributed by atoms with Gasteiger partial charge in [0, 0.05) is 12.6 Å². The molecule has 2 atom stereocenters. The lowest BCUT2D eigenvalue weighted by Gasteiger charge is -2.29. The van der Waals surface area contributed by atoms with Crippen LogP contribution >= 0.6 is 0 Å². The second-order valence-corrected chi connectivity index (χ2v) is 5.02. The van der Waals surface area contributed by atoms with Crippen molar-refractivity contribution in [3.63, 3.8) is 0 Å². The molecule has 0 saturated carbocycles. The van der Waals surface area contributed by atoms with Crippen molar-refractivity contribution in [2.45, 2.75) is 31.7 Å². The Kier molecular flexibility index (Phi) is 5.43. The largest absolute Gasteiger partial charge is 0.395 e. The zero-order valence-electron chi connectivity index (χ0n) is 10.9. The molecular weight excluding hydrogens is 222 g/mol. The quantitative estimate of drug-likeness (QED) is 0.755. The van der Waals surface area contributed by atoms with E-state index in [9.17, 15) is 0 Å². The SMILES string of the molecule is OCCN[C@H](Cc1ccccc1)[C@H]1CC=CCC1. The van der Waals surface area contributed by atoms with Crippen molar-refractivity contribution in [1.29, 1.82) is 0 Å². The Morgan fingerprint density at radius 1 is 1.22 bits per heavy atom. The number of aliphatic hydroxyl groups is 1. The molecule has 2 nitrogen and oxygen atoms in total. The molecule has 98 valence electrons. The van der Waals surface area contributed by atoms with Gasteiger partial charge in [0.05, 0.1) is 6.61 Å². The molecule has 0 spiro atoms. The van der Waals surface area contributed by atoms with Crippen molar-refractivity contribution in [2.75, 3.05) is 13.2 Å². The van der Waals surface area contributed by atoms with Gasteiger partial charge in [-0.25, -0.2) is 0 Å². The average Bonchev–Trinajstić information content (AvgIpc) is 2.45. The van der Waals surface area contributed by atoms with Gasteiger partial charge in [0.25, 0.3) is 0 Å². The minimum Gasteiger partial charge on any atom is -0.395 e. The summed E-state index contributed by atoms with van der Waals surface area (Å²) < 4.78 is 0. The zero-order valence-corrected chi connectivity index (χ0v) is 10.9. The van der Waals surface area contributed by atoms with Crippen LogP contribution in [0.3, 0.4) is 0 Å². The van der Waals surface area contributed by atoms with Gasteiger partial charge < -0.3 is 10.4 Å². The summed E-state index contributed by atoms with van der Waals surface area (Å²) in [6, 6.07) is 11.1. The van der Waals surface area contributed by atoms with Crippen LogP contribution in [0.2, 0.25) is 0 Å². The summed E-state index contributed by atoms with van der Waals surface area (Å²) in [6.07, 6.45) is 9.24. The molecular formula is C16H23NO. The van der Waals surface area contributed by atoms with E-state index in [0.29, 0.717) is 18.5 Å². The number of hydrogen-bond acceptors (Lipinski definition) is 2. The first kappa shape index (κ1) is 13.3. The average molecular weight is 245 g/mol. The molecule has 0 radical (unpaired) electrons. The van der Waals surface area contributed by atoms with Gasteiger partial charge in [-0.15, -0.1) is 0 Å². The highest BCUT2D eigenvalue weighted by Gasteiger charge is 2.21. The van der Waals surface area contributed by atoms with Crippen molar-refractivity contribution in [3.05, 3.63) is 48.0 Å². The predicted molar refractivity (Wildman–Crippen MR) is 75.5 cm³/mol. The van der Waals surface area contributed by atoms with Gasteiger partial charge >= 0.3 is 0 Å². The lowest BCUT2D eigenvalue weighted by molar-refractivity contribution is 0.260. The lowest BCUT2D eigenvalue weighted by atomic mass is 9.84. The summed E-state index contributed by atoms with van der Waals surface area (Å²) in [6.45, 7) is 0.908. The summed E-state index contributed by atoms with van der Waals surface area (Å²) in [5.41, 5.74) is 1.38. The van der Waals surface area contributed by atoms with Crippen LogP contribution in [0.25, 0.3) is 0 Å². The van der Waals surface area contributed by atoms with E-state index in [1.807, 2.05) is 0 Å². The Bertz CT molecular complexity index is 361. The second kappa shape index (κ2) is 7.34. The van der Waals surface area contributed by atoms with E-state index >= 15 is 0 Å². The third-order valence-corrected chi connectivity index (χ3v) is 3.70. The summed E-state index contributed by atoms with van der Waals surface area (Å²) in [4.78, 5) is 0. The highest BCUT2D eigenvalue weighted by atomic mass is 16.3. The molecule has 0 amide bonds. The highest BCUT2D eigenvalue weighted by molar-refractivity contribution is 5.16. The van der Waals surface area contributed by atoms with Gasteiger partial charge in [-0.05, 0) is 37.2 Å². The maximum absolute atomic E-state index is 9.00. The van der Waals surface area contributed by atoms with Crippen LogP contribution in [0.15, 0.2) is 42.5 Å². The second-order valence-electron chi connectivity index (χ2n) is 5.02. The van der Waals surface area contributed by atoms with Gasteiger partial charge in [-0.3, -0.25) is 0 Å². The number of hydrogen-bond donors (Lipinski definition) is 2. The van der Waals surface area contributed by atoms with Crippen LogP contribution in [0.4, 0.5) is 0 Å². The molecule has 1 aliphatic carbocycles. The van der Waals surface area contributed by atoms with E-state index in [-0.39, 0.29) is 6.61 Å². The van der Waals surface area contributed by atoms with Crippen molar-refractivity contribution in [2.24, 2.45) is 5.92 Å². The van der Waals surface area contributed by atoms with Crippen LogP contribution < -0.4 is 5.32 Å². The summed E-state index contributed by atoms with van der Waals surface area (Å²) in [7, 11) is 0. The van der Waals surface area contributed by atoms with Gasteiger partial charge in [-0.1, -0.05) is 42.5 Å². The Hall–Kier alpha value is -1.12. The minimum absolute atomic E-state index is 0.216. The number of nitrogens with one attached hydrogen (secondary N) is 1. The molecule has 1 aliphatic rings. The molecule has 0 unspecified atom stereocenters. The first-order chi connectivity index (χ1) is 8.90. The van der Waals surface area contributed by atoms with Crippen LogP contribution in [0.5, 0.6) is 0 Å². The first-order valence-corrected chi connectivity index (χ1v) is 6.93. The van der Waals surface area contributed by atoms with E-state index < -0.39 is 0 Å². The van der Waals surface area contributed by atoms with Crippen LogP contribution in [0, 0.1) is 5.92 Å². The Morgan fingerprint density at radius 3 is 2.72 bits per heavy atom. The monoisotopic (exact) mass is 245 g/mol. The molecule has 1 aromatic carbocycles. The topological polar surface area (TPSA) is 32.3 Å². The van der Waals surface area contributed by atoms with Crippen LogP contribution in [-0.2, 0) is 6.42 Å². The minimum atomic E-state index is 0.216. The maximum atomic E-state index is 9.00. The first-order valence-electron chi connectivity index (χ1n) is 6.93. The molecule has 2 rings (SSSR count). The van der Waals surface area contributed by atoms with E-state index in [4.69, 9.17) is 5.11 Å². The molecule has 2 N–H and O–H groups in total. The van der Waals surface area contributed by atoms with Crippen molar-refractivity contribution >= 4 is 0 Å². The van der Waals surface area contributed by atoms with Gasteiger partial charge in [0.2, 0.25) is 0 Å². The fourth-order valence-electron chi connectivity index (χ4n) is 2.71. The molecule has 0 heterocycles. The van der Waals surface area contributed by atoms with Crippen molar-refractivity contribution in [1.82, 2.24) is 5.32 Å². The smallest absolute Gasteiger partial charge is 0.0556 e. The number of rotatable bonds is 6. The van der Waals surface area contributed by atoms with Gasteiger partial charge in [0.15, 0.2) is 0 Å². The molecule has 0 bridgehead atoms. The van der Waals surface area contributed by atoms with Crippen LogP contribution in [0.1, 0.15) is 24.8 Å². The summed E-state index contributed by atoms with van der Waals surface area (Å²) in [5.74, 6) is 0.696. The molecule has 1 aromatic rings. The summed E-state index contributed by atoms with van der Waals surface area (Å²) in [5, 5.41) is 12.5. The molecule has 0 aliphatic heterocycles. The molecule has 2 heteroatoms. The Balaban J connectivity index is 1.97. The number of allylic oxidation sites excluding steroid dienone is 2. The fourth-order valence-corrected chi connectivity index (χ4v) is 2.71. The number of benzene rings is 1. The number of aliphatic hydroxyl groups excluding tert-OH is 1. The third kappa shape index (κ3) is 3.97. The van der Waals surface area contributed by atoms with Crippen molar-refractivity contribution in [3.8, 4) is 0 Å². The van der Waals surface area contributed by atoms with Crippen molar-refractivity contribution < 1.29 is 5.11 Å². The molecule has 18 heavy (non-hydrogen) atoms. The van der Waals surface area contributed by atoms with Gasteiger partial charge in [0.1, 0.15) is 0 Å². The Morgan fingerprint density at radius 2 is 2.06 bits per heavy atom. The lowest BCUT2D eigenvalue weighted by Crippen LogP contribution is -2.40. The predicted octanol–water partition coefficient (Wildman–Crippen LogP) is 2.54. The maximum Gasteiger partial charge on any atom is 0.0556 e. The molecule has 0 aromatic heterocycles. The zero-order chi connectivity index (χ0) is 12.6. The fraction of sp³-hybridized carbons (Fsp3) is 0.500. The van der Waals surface area contributed by atoms with Crippen LogP contribution in [-0.4, -0.2) is 24.3 Å². The molecule has 0 saturated heterocycles. The van der Waals surface area contributed by atoms with E-state index in [0.717, 1.165) is 12.8 Å². The van der Waals surface area contributed by atoms with E-state index in [1.54, 1.807) is 0 Å². The highest BCUT2D eigenvalue weighted by Crippen LogP contribution is 2.24. The Labute approximate surface area is 110 Å². The normalized spacial score (nSPS) is 20.8. The summed E-state index contributed by atoms with van der Waals surface area (Å²) >= 11 is 0.